The average Bonchev–Trinajstić information content (AvgIpc) is 2.72. The third kappa shape index (κ3) is 4.43. The third-order valence-electron chi connectivity index (χ3n) is 5.36. The topological polar surface area (TPSA) is 105 Å². The van der Waals surface area contributed by atoms with Gasteiger partial charge in [0.2, 0.25) is 0 Å². The van der Waals surface area contributed by atoms with E-state index in [-0.39, 0.29) is 17.8 Å². The summed E-state index contributed by atoms with van der Waals surface area (Å²) in [6.07, 6.45) is -2.25. The normalized spacial score (nSPS) is 14.5. The second-order valence-electron chi connectivity index (χ2n) is 7.49. The second kappa shape index (κ2) is 8.22. The average molecular weight is 427 g/mol. The largest absolute Gasteiger partial charge is 0.417 e. The number of benzene rings is 1. The van der Waals surface area contributed by atoms with E-state index >= 15 is 0 Å². The zero-order chi connectivity index (χ0) is 22.8. The monoisotopic (exact) mass is 427 g/mol. The summed E-state index contributed by atoms with van der Waals surface area (Å²) in [6, 6.07) is 11.3. The quantitative estimate of drug-likeness (QED) is 0.627. The number of alkyl halides is 3. The van der Waals surface area contributed by atoms with Gasteiger partial charge in [-0.05, 0) is 43.2 Å². The van der Waals surface area contributed by atoms with Gasteiger partial charge in [-0.1, -0.05) is 13.0 Å². The smallest absolute Gasteiger partial charge is 0.397 e. The summed E-state index contributed by atoms with van der Waals surface area (Å²) in [5.41, 5.74) is 4.55. The molecular weight excluding hydrogens is 407 g/mol. The summed E-state index contributed by atoms with van der Waals surface area (Å²) >= 11 is 0. The van der Waals surface area contributed by atoms with Crippen LogP contribution in [-0.2, 0) is 11.7 Å². The van der Waals surface area contributed by atoms with E-state index in [9.17, 15) is 18.0 Å². The molecule has 0 spiro atoms. The summed E-state index contributed by atoms with van der Waals surface area (Å²) in [7, 11) is 0. The lowest BCUT2D eigenvalue weighted by molar-refractivity contribution is -0.137. The highest BCUT2D eigenvalue weighted by Crippen LogP contribution is 2.37. The number of hydrogen-bond acceptors (Lipinski definition) is 5. The molecule has 3 N–H and O–H groups in total. The fraction of sp³-hybridized carbons (Fsp3) is 0.273. The standard InChI is InChI=1S/C22H20F3N5O/c1-13(7-8-26)21(2,19-17(27)11-16(12-29-19)22(23,24)25)30-20(31)15-5-6-18-14(10-15)4-3-9-28-18/h3-6,9-13H,7,27H2,1-2H3,(H,30,31). The van der Waals surface area contributed by atoms with Crippen LogP contribution in [0, 0.1) is 17.2 Å². The summed E-state index contributed by atoms with van der Waals surface area (Å²) < 4.78 is 39.1. The number of rotatable bonds is 5. The van der Waals surface area contributed by atoms with Gasteiger partial charge in [-0.3, -0.25) is 14.8 Å². The van der Waals surface area contributed by atoms with Crippen molar-refractivity contribution in [3.8, 4) is 6.07 Å². The van der Waals surface area contributed by atoms with Crippen LogP contribution in [0.3, 0.4) is 0 Å². The van der Waals surface area contributed by atoms with E-state index in [1.807, 2.05) is 12.1 Å². The van der Waals surface area contributed by atoms with Gasteiger partial charge < -0.3 is 11.1 Å². The van der Waals surface area contributed by atoms with Gasteiger partial charge in [0.25, 0.3) is 5.91 Å². The van der Waals surface area contributed by atoms with Crippen molar-refractivity contribution in [3.63, 3.8) is 0 Å². The van der Waals surface area contributed by atoms with Crippen molar-refractivity contribution < 1.29 is 18.0 Å². The van der Waals surface area contributed by atoms with Crippen LogP contribution in [0.15, 0.2) is 48.8 Å². The number of carbonyl (C=O) groups is 1. The Bertz CT molecular complexity index is 1170. The van der Waals surface area contributed by atoms with E-state index in [1.165, 1.54) is 0 Å². The molecule has 0 saturated carbocycles. The molecule has 0 aliphatic heterocycles. The van der Waals surface area contributed by atoms with E-state index in [2.05, 4.69) is 15.3 Å². The Labute approximate surface area is 176 Å². The van der Waals surface area contributed by atoms with Crippen LogP contribution < -0.4 is 11.1 Å². The number of fused-ring (bicyclic) bond motifs is 1. The maximum atomic E-state index is 13.1. The van der Waals surface area contributed by atoms with E-state index in [0.29, 0.717) is 17.3 Å². The van der Waals surface area contributed by atoms with E-state index < -0.39 is 29.1 Å². The molecule has 9 heteroatoms. The van der Waals surface area contributed by atoms with Crippen LogP contribution in [0.5, 0.6) is 0 Å². The molecule has 1 aromatic carbocycles. The Morgan fingerprint density at radius 2 is 2.00 bits per heavy atom. The maximum absolute atomic E-state index is 13.1. The van der Waals surface area contributed by atoms with Crippen molar-refractivity contribution in [1.29, 1.82) is 5.26 Å². The molecule has 2 aromatic heterocycles. The van der Waals surface area contributed by atoms with Crippen LogP contribution in [0.1, 0.15) is 41.9 Å². The van der Waals surface area contributed by atoms with Crippen molar-refractivity contribution >= 4 is 22.5 Å². The fourth-order valence-electron chi connectivity index (χ4n) is 3.35. The van der Waals surface area contributed by atoms with E-state index in [0.717, 1.165) is 11.5 Å². The molecule has 2 atom stereocenters. The maximum Gasteiger partial charge on any atom is 0.417 e. The Morgan fingerprint density at radius 3 is 2.65 bits per heavy atom. The number of halogens is 3. The lowest BCUT2D eigenvalue weighted by Gasteiger charge is -2.36. The molecule has 6 nitrogen and oxygen atoms in total. The zero-order valence-corrected chi connectivity index (χ0v) is 16.9. The van der Waals surface area contributed by atoms with Gasteiger partial charge >= 0.3 is 6.18 Å². The minimum absolute atomic E-state index is 0.0283. The lowest BCUT2D eigenvalue weighted by Crippen LogP contribution is -2.49. The van der Waals surface area contributed by atoms with Crippen LogP contribution in [-0.4, -0.2) is 15.9 Å². The molecule has 2 unspecified atom stereocenters. The number of amides is 1. The van der Waals surface area contributed by atoms with Crippen molar-refractivity contribution in [3.05, 3.63) is 65.6 Å². The molecule has 31 heavy (non-hydrogen) atoms. The Balaban J connectivity index is 2.02. The Kier molecular flexibility index (Phi) is 5.84. The van der Waals surface area contributed by atoms with Crippen molar-refractivity contribution in [1.82, 2.24) is 15.3 Å². The number of nitrogens with zero attached hydrogens (tertiary/aromatic N) is 3. The molecule has 3 aromatic rings. The van der Waals surface area contributed by atoms with Gasteiger partial charge in [0.15, 0.2) is 0 Å². The van der Waals surface area contributed by atoms with Gasteiger partial charge in [-0.15, -0.1) is 0 Å². The summed E-state index contributed by atoms with van der Waals surface area (Å²) in [4.78, 5) is 21.2. The number of nitrogen functional groups attached to an aromatic ring is 1. The van der Waals surface area contributed by atoms with Gasteiger partial charge in [0.05, 0.1) is 34.1 Å². The highest BCUT2D eigenvalue weighted by Gasteiger charge is 2.39. The number of nitrogens with one attached hydrogen (secondary N) is 1. The molecule has 0 aliphatic rings. The summed E-state index contributed by atoms with van der Waals surface area (Å²) in [5.74, 6) is -0.964. The van der Waals surface area contributed by atoms with Crippen LogP contribution in [0.2, 0.25) is 0 Å². The fourth-order valence-corrected chi connectivity index (χ4v) is 3.35. The van der Waals surface area contributed by atoms with Gasteiger partial charge in [0, 0.05) is 29.8 Å². The molecular formula is C22H20F3N5O. The highest BCUT2D eigenvalue weighted by atomic mass is 19.4. The molecule has 3 rings (SSSR count). The first-order valence-electron chi connectivity index (χ1n) is 9.43. The number of nitriles is 1. The Hall–Kier alpha value is -3.67. The molecule has 2 heterocycles. The van der Waals surface area contributed by atoms with Gasteiger partial charge in [-0.2, -0.15) is 18.4 Å². The van der Waals surface area contributed by atoms with Crippen molar-refractivity contribution in [2.75, 3.05) is 5.73 Å². The SMILES string of the molecule is CC(CC#N)C(C)(NC(=O)c1ccc2ncccc2c1)c1ncc(C(F)(F)F)cc1N. The number of aromatic nitrogens is 2. The van der Waals surface area contributed by atoms with Crippen molar-refractivity contribution in [2.24, 2.45) is 5.92 Å². The summed E-state index contributed by atoms with van der Waals surface area (Å²) in [5, 5.41) is 12.8. The number of carbonyl (C=O) groups excluding carboxylic acids is 1. The van der Waals surface area contributed by atoms with Crippen LogP contribution in [0.4, 0.5) is 18.9 Å². The summed E-state index contributed by atoms with van der Waals surface area (Å²) in [6.45, 7) is 3.30. The van der Waals surface area contributed by atoms with E-state index in [1.54, 1.807) is 44.3 Å². The number of pyridine rings is 2. The molecule has 0 bridgehead atoms. The van der Waals surface area contributed by atoms with Crippen LogP contribution in [0.25, 0.3) is 10.9 Å². The van der Waals surface area contributed by atoms with E-state index in [4.69, 9.17) is 11.0 Å². The van der Waals surface area contributed by atoms with Crippen molar-refractivity contribution in [2.45, 2.75) is 32.0 Å². The molecule has 0 fully saturated rings. The molecule has 0 radical (unpaired) electrons. The predicted octanol–water partition coefficient (Wildman–Crippen LogP) is 4.43. The number of nitrogens with two attached hydrogens (primary N) is 1. The van der Waals surface area contributed by atoms with Gasteiger partial charge in [-0.25, -0.2) is 0 Å². The minimum Gasteiger partial charge on any atom is -0.397 e. The first kappa shape index (κ1) is 22.0. The highest BCUT2D eigenvalue weighted by molar-refractivity contribution is 5.98. The lowest BCUT2D eigenvalue weighted by atomic mass is 9.80. The molecule has 0 saturated heterocycles. The minimum atomic E-state index is -4.60. The van der Waals surface area contributed by atoms with Gasteiger partial charge in [0.1, 0.15) is 0 Å². The Morgan fingerprint density at radius 1 is 1.26 bits per heavy atom. The molecule has 160 valence electrons. The number of hydrogen-bond donors (Lipinski definition) is 2. The molecule has 0 aliphatic carbocycles. The van der Waals surface area contributed by atoms with Crippen LogP contribution >= 0.6 is 0 Å². The second-order valence-corrected chi connectivity index (χ2v) is 7.49. The predicted molar refractivity (Wildman–Crippen MR) is 110 cm³/mol. The number of anilines is 1. The zero-order valence-electron chi connectivity index (χ0n) is 16.9. The third-order valence-corrected chi connectivity index (χ3v) is 5.36. The first-order valence-corrected chi connectivity index (χ1v) is 9.43. The first-order chi connectivity index (χ1) is 14.6. The molecule has 1 amide bonds.